The van der Waals surface area contributed by atoms with E-state index in [1.807, 2.05) is 6.92 Å². The van der Waals surface area contributed by atoms with E-state index < -0.39 is 0 Å². The van der Waals surface area contributed by atoms with Gasteiger partial charge in [0.05, 0.1) is 0 Å². The van der Waals surface area contributed by atoms with Crippen molar-refractivity contribution in [1.82, 2.24) is 9.97 Å². The Balaban J connectivity index is 0.000000640. The first-order chi connectivity index (χ1) is 3.83. The van der Waals surface area contributed by atoms with Crippen LogP contribution in [0.25, 0.3) is 6.08 Å². The van der Waals surface area contributed by atoms with E-state index in [1.54, 1.807) is 12.3 Å². The van der Waals surface area contributed by atoms with Crippen LogP contribution in [-0.4, -0.2) is 9.97 Å². The van der Waals surface area contributed by atoms with Gasteiger partial charge in [0, 0.05) is 11.9 Å². The summed E-state index contributed by atoms with van der Waals surface area (Å²) >= 11 is 0. The lowest BCUT2D eigenvalue weighted by Gasteiger charge is -1.77. The van der Waals surface area contributed by atoms with Crippen molar-refractivity contribution in [1.29, 1.82) is 0 Å². The molecule has 9 heavy (non-hydrogen) atoms. The number of halogens is 1. The van der Waals surface area contributed by atoms with E-state index in [-0.39, 0.29) is 12.4 Å². The second-order valence-electron chi connectivity index (χ2n) is 1.66. The Morgan fingerprint density at radius 2 is 2.44 bits per heavy atom. The van der Waals surface area contributed by atoms with Gasteiger partial charge in [-0.3, -0.25) is 0 Å². The Labute approximate surface area is 60.4 Å². The van der Waals surface area contributed by atoms with Crippen LogP contribution in [0.3, 0.4) is 0 Å². The van der Waals surface area contributed by atoms with E-state index >= 15 is 0 Å². The lowest BCUT2D eigenvalue weighted by Crippen LogP contribution is -1.71. The van der Waals surface area contributed by atoms with Gasteiger partial charge in [0.25, 0.3) is 0 Å². The maximum atomic E-state index is 3.96. The van der Waals surface area contributed by atoms with Gasteiger partial charge in [-0.15, -0.1) is 12.4 Å². The molecule has 0 aliphatic rings. The summed E-state index contributed by atoms with van der Waals surface area (Å²) in [4.78, 5) is 6.96. The van der Waals surface area contributed by atoms with Crippen molar-refractivity contribution in [3.8, 4) is 0 Å². The van der Waals surface area contributed by atoms with Crippen molar-refractivity contribution in [2.45, 2.75) is 6.92 Å². The van der Waals surface area contributed by atoms with Crippen LogP contribution in [0.5, 0.6) is 0 Å². The molecule has 0 aliphatic carbocycles. The fourth-order valence-corrected chi connectivity index (χ4v) is 0.537. The van der Waals surface area contributed by atoms with Crippen LogP contribution in [0.4, 0.5) is 0 Å². The molecule has 1 N–H and O–H groups in total. The summed E-state index contributed by atoms with van der Waals surface area (Å²) in [6.07, 6.45) is 3.46. The van der Waals surface area contributed by atoms with E-state index in [0.717, 1.165) is 11.5 Å². The predicted molar refractivity (Wildman–Crippen MR) is 40.7 cm³/mol. The Hall–Kier alpha value is -0.760. The smallest absolute Gasteiger partial charge is 0.129 e. The number of nitrogens with one attached hydrogen (secondary N) is 1. The fraction of sp³-hybridized carbons (Fsp3) is 0.167. The van der Waals surface area contributed by atoms with E-state index in [0.29, 0.717) is 0 Å². The topological polar surface area (TPSA) is 28.7 Å². The number of hydrogen-bond donors (Lipinski definition) is 1. The summed E-state index contributed by atoms with van der Waals surface area (Å²) in [6, 6.07) is 0. The summed E-state index contributed by atoms with van der Waals surface area (Å²) in [7, 11) is 0. The van der Waals surface area contributed by atoms with Crippen molar-refractivity contribution in [2.75, 3.05) is 0 Å². The average Bonchev–Trinajstić information content (AvgIpc) is 2.14. The molecule has 1 aromatic heterocycles. The number of hydrogen-bond acceptors (Lipinski definition) is 1. The number of H-pyrrole nitrogens is 1. The van der Waals surface area contributed by atoms with Crippen molar-refractivity contribution < 1.29 is 0 Å². The highest BCUT2D eigenvalue weighted by molar-refractivity contribution is 5.85. The normalized spacial score (nSPS) is 8.11. The molecule has 0 amide bonds. The molecule has 2 nitrogen and oxygen atoms in total. The molecule has 1 heterocycles. The summed E-state index contributed by atoms with van der Waals surface area (Å²) in [5.74, 6) is 0.836. The zero-order valence-corrected chi connectivity index (χ0v) is 6.03. The van der Waals surface area contributed by atoms with Crippen molar-refractivity contribution in [3.05, 3.63) is 24.3 Å². The van der Waals surface area contributed by atoms with E-state index in [1.165, 1.54) is 0 Å². The van der Waals surface area contributed by atoms with E-state index in [4.69, 9.17) is 0 Å². The van der Waals surface area contributed by atoms with Gasteiger partial charge in [-0.2, -0.15) is 0 Å². The Kier molecular flexibility index (Phi) is 3.02. The zero-order valence-electron chi connectivity index (χ0n) is 5.22. The van der Waals surface area contributed by atoms with Crippen LogP contribution in [0.1, 0.15) is 11.5 Å². The zero-order chi connectivity index (χ0) is 5.98. The molecule has 0 aliphatic heterocycles. The third kappa shape index (κ3) is 1.90. The number of aryl methyl sites for hydroxylation is 1. The van der Waals surface area contributed by atoms with Gasteiger partial charge in [-0.05, 0) is 13.0 Å². The van der Waals surface area contributed by atoms with Crippen molar-refractivity contribution >= 4 is 18.5 Å². The molecule has 0 fully saturated rings. The molecule has 0 unspecified atom stereocenters. The second-order valence-corrected chi connectivity index (χ2v) is 1.66. The van der Waals surface area contributed by atoms with Gasteiger partial charge in [0.2, 0.25) is 0 Å². The first kappa shape index (κ1) is 8.24. The molecule has 50 valence electrons. The third-order valence-corrected chi connectivity index (χ3v) is 0.916. The first-order valence-electron chi connectivity index (χ1n) is 2.47. The van der Waals surface area contributed by atoms with Gasteiger partial charge < -0.3 is 4.98 Å². The van der Waals surface area contributed by atoms with Crippen LogP contribution in [-0.2, 0) is 0 Å². The molecule has 1 rings (SSSR count). The van der Waals surface area contributed by atoms with Crippen molar-refractivity contribution in [2.24, 2.45) is 0 Å². The predicted octanol–water partition coefficient (Wildman–Crippen LogP) is 1.78. The molecule has 0 saturated heterocycles. The van der Waals surface area contributed by atoms with Gasteiger partial charge in [-0.25, -0.2) is 4.98 Å². The van der Waals surface area contributed by atoms with Gasteiger partial charge in [0.15, 0.2) is 0 Å². The van der Waals surface area contributed by atoms with E-state index in [2.05, 4.69) is 16.5 Å². The molecular formula is C6H9ClN2. The van der Waals surface area contributed by atoms with Crippen LogP contribution in [0.2, 0.25) is 0 Å². The van der Waals surface area contributed by atoms with Gasteiger partial charge in [0.1, 0.15) is 5.82 Å². The second kappa shape index (κ2) is 3.30. The van der Waals surface area contributed by atoms with Crippen LogP contribution >= 0.6 is 12.4 Å². The standard InChI is InChI=1S/C6H8N2.ClH/c1-3-6-7-4-5(2)8-6;/h3-4H,1H2,2H3,(H,7,8);1H. The highest BCUT2D eigenvalue weighted by atomic mass is 35.5. The molecule has 0 radical (unpaired) electrons. The molecule has 0 saturated carbocycles. The lowest BCUT2D eigenvalue weighted by molar-refractivity contribution is 1.22. The molecule has 1 aromatic rings. The maximum absolute atomic E-state index is 3.96. The molecule has 0 bridgehead atoms. The summed E-state index contributed by atoms with van der Waals surface area (Å²) in [5, 5.41) is 0. The van der Waals surface area contributed by atoms with Crippen LogP contribution in [0.15, 0.2) is 12.8 Å². The van der Waals surface area contributed by atoms with Gasteiger partial charge in [-0.1, -0.05) is 6.58 Å². The number of nitrogens with zero attached hydrogens (tertiary/aromatic N) is 1. The Bertz CT molecular complexity index is 193. The number of aromatic amines is 1. The first-order valence-corrected chi connectivity index (χ1v) is 2.47. The molecule has 3 heteroatoms. The van der Waals surface area contributed by atoms with Crippen molar-refractivity contribution in [3.63, 3.8) is 0 Å². The highest BCUT2D eigenvalue weighted by Gasteiger charge is 1.86. The minimum Gasteiger partial charge on any atom is -0.343 e. The van der Waals surface area contributed by atoms with Crippen LogP contribution in [0, 0.1) is 6.92 Å². The molecule has 0 atom stereocenters. The quantitative estimate of drug-likeness (QED) is 0.640. The summed E-state index contributed by atoms with van der Waals surface area (Å²) in [5.41, 5.74) is 1.07. The third-order valence-electron chi connectivity index (χ3n) is 0.916. The molecule has 0 aromatic carbocycles. The molecule has 0 spiro atoms. The van der Waals surface area contributed by atoms with Crippen LogP contribution < -0.4 is 0 Å². The monoisotopic (exact) mass is 144 g/mol. The number of imidazole rings is 1. The highest BCUT2D eigenvalue weighted by Crippen LogP contribution is 1.93. The van der Waals surface area contributed by atoms with E-state index in [9.17, 15) is 0 Å². The lowest BCUT2D eigenvalue weighted by atomic mass is 10.6. The number of aromatic nitrogens is 2. The summed E-state index contributed by atoms with van der Waals surface area (Å²) in [6.45, 7) is 5.51. The maximum Gasteiger partial charge on any atom is 0.129 e. The van der Waals surface area contributed by atoms with Gasteiger partial charge >= 0.3 is 0 Å². The summed E-state index contributed by atoms with van der Waals surface area (Å²) < 4.78 is 0. The SMILES string of the molecule is C=Cc1ncc(C)[nH]1.Cl. The fourth-order valence-electron chi connectivity index (χ4n) is 0.537. The number of rotatable bonds is 1. The Morgan fingerprint density at radius 1 is 1.78 bits per heavy atom. The minimum atomic E-state index is 0. The average molecular weight is 145 g/mol. The minimum absolute atomic E-state index is 0. The molecular weight excluding hydrogens is 136 g/mol. The Morgan fingerprint density at radius 3 is 2.67 bits per heavy atom. The largest absolute Gasteiger partial charge is 0.343 e.